The number of ketones is 1. The lowest BCUT2D eigenvalue weighted by atomic mass is 10.1. The molecule has 5 aromatic heterocycles. The summed E-state index contributed by atoms with van der Waals surface area (Å²) in [5.41, 5.74) is 6.49. The van der Waals surface area contributed by atoms with Crippen LogP contribution in [0.3, 0.4) is 0 Å². The number of hydrogen-bond donors (Lipinski definition) is 2. The van der Waals surface area contributed by atoms with Crippen molar-refractivity contribution >= 4 is 34.4 Å². The van der Waals surface area contributed by atoms with Crippen molar-refractivity contribution in [2.45, 2.75) is 6.92 Å². The molecule has 1 aliphatic heterocycles. The molecule has 198 valence electrons. The summed E-state index contributed by atoms with van der Waals surface area (Å²) < 4.78 is 8.44. The molecule has 16 heteroatoms. The SMILES string of the molecule is COc1cnc(-n2cnc(C)n2)c2[nH]cc(C(=O)C(=O)N3CCN(c4nnnn4-c4cccc(N)n4)CC3)c12. The molecule has 6 rings (SSSR count). The zero-order chi connectivity index (χ0) is 27.1. The van der Waals surface area contributed by atoms with Crippen LogP contribution in [0.5, 0.6) is 5.75 Å². The Hall–Kier alpha value is -5.41. The number of aromatic amines is 1. The van der Waals surface area contributed by atoms with E-state index in [1.165, 1.54) is 40.1 Å². The van der Waals surface area contributed by atoms with Crippen LogP contribution in [-0.4, -0.2) is 99.8 Å². The van der Waals surface area contributed by atoms with Crippen molar-refractivity contribution in [3.05, 3.63) is 48.3 Å². The first-order valence-electron chi connectivity index (χ1n) is 12.0. The third-order valence-corrected chi connectivity index (χ3v) is 6.41. The van der Waals surface area contributed by atoms with Crippen molar-refractivity contribution < 1.29 is 14.3 Å². The summed E-state index contributed by atoms with van der Waals surface area (Å²) >= 11 is 0. The number of pyridine rings is 2. The molecule has 1 amide bonds. The highest BCUT2D eigenvalue weighted by Crippen LogP contribution is 2.32. The van der Waals surface area contributed by atoms with Crippen molar-refractivity contribution in [1.29, 1.82) is 0 Å². The second kappa shape index (κ2) is 9.47. The molecule has 1 fully saturated rings. The van der Waals surface area contributed by atoms with Gasteiger partial charge in [-0.2, -0.15) is 9.78 Å². The molecule has 0 aromatic carbocycles. The van der Waals surface area contributed by atoms with Gasteiger partial charge in [-0.25, -0.2) is 19.6 Å². The lowest BCUT2D eigenvalue weighted by Gasteiger charge is -2.34. The number of amides is 1. The van der Waals surface area contributed by atoms with Gasteiger partial charge in [0.2, 0.25) is 0 Å². The Balaban J connectivity index is 1.22. The van der Waals surface area contributed by atoms with E-state index in [0.29, 0.717) is 72.1 Å². The Morgan fingerprint density at radius 1 is 1.13 bits per heavy atom. The van der Waals surface area contributed by atoms with Gasteiger partial charge in [0.25, 0.3) is 17.6 Å². The number of tetrazole rings is 1. The number of carbonyl (C=O) groups is 2. The highest BCUT2D eigenvalue weighted by atomic mass is 16.5. The Morgan fingerprint density at radius 3 is 2.67 bits per heavy atom. The van der Waals surface area contributed by atoms with E-state index in [1.54, 1.807) is 25.1 Å². The van der Waals surface area contributed by atoms with E-state index in [0.717, 1.165) is 0 Å². The maximum Gasteiger partial charge on any atom is 0.295 e. The van der Waals surface area contributed by atoms with E-state index < -0.39 is 11.7 Å². The first-order chi connectivity index (χ1) is 18.9. The number of anilines is 2. The van der Waals surface area contributed by atoms with E-state index in [-0.39, 0.29) is 5.56 Å². The zero-order valence-electron chi connectivity index (χ0n) is 21.0. The molecule has 1 saturated heterocycles. The summed E-state index contributed by atoms with van der Waals surface area (Å²) in [5.74, 6) is 1.36. The molecule has 3 N–H and O–H groups in total. The summed E-state index contributed by atoms with van der Waals surface area (Å²) in [6.07, 6.45) is 4.50. The van der Waals surface area contributed by atoms with Gasteiger partial charge in [-0.05, 0) is 29.5 Å². The Bertz CT molecular complexity index is 1700. The van der Waals surface area contributed by atoms with E-state index in [1.807, 2.05) is 4.90 Å². The number of rotatable bonds is 6. The number of nitrogen functional groups attached to an aromatic ring is 1. The van der Waals surface area contributed by atoms with Crippen LogP contribution >= 0.6 is 0 Å². The highest BCUT2D eigenvalue weighted by molar-refractivity contribution is 6.45. The third-order valence-electron chi connectivity index (χ3n) is 6.41. The predicted octanol–water partition coefficient (Wildman–Crippen LogP) is -0.0550. The topological polar surface area (TPSA) is 192 Å². The minimum atomic E-state index is -0.659. The van der Waals surface area contributed by atoms with Gasteiger partial charge in [0.1, 0.15) is 23.7 Å². The molecule has 39 heavy (non-hydrogen) atoms. The number of hydrogen-bond acceptors (Lipinski definition) is 12. The number of Topliss-reactive ketones (excluding diaryl/α,β-unsaturated/α-hetero) is 1. The van der Waals surface area contributed by atoms with Gasteiger partial charge in [0.05, 0.1) is 29.8 Å². The van der Waals surface area contributed by atoms with Crippen LogP contribution in [0.15, 0.2) is 36.9 Å². The van der Waals surface area contributed by atoms with Crippen molar-refractivity contribution in [1.82, 2.24) is 54.8 Å². The number of carbonyl (C=O) groups excluding carboxylic acids is 2. The molecule has 0 saturated carbocycles. The van der Waals surface area contributed by atoms with Crippen LogP contribution in [0.1, 0.15) is 16.2 Å². The number of H-pyrrole nitrogens is 1. The molecule has 6 heterocycles. The summed E-state index contributed by atoms with van der Waals surface area (Å²) in [6, 6.07) is 5.18. The zero-order valence-corrected chi connectivity index (χ0v) is 21.0. The van der Waals surface area contributed by atoms with Gasteiger partial charge in [-0.1, -0.05) is 11.2 Å². The lowest BCUT2D eigenvalue weighted by Crippen LogP contribution is -2.51. The molecular formula is C23H23N13O3. The van der Waals surface area contributed by atoms with Crippen LogP contribution in [0.25, 0.3) is 22.5 Å². The van der Waals surface area contributed by atoms with Crippen molar-refractivity contribution in [3.8, 4) is 17.4 Å². The molecule has 0 radical (unpaired) electrons. The summed E-state index contributed by atoms with van der Waals surface area (Å²) in [5, 5.41) is 16.7. The van der Waals surface area contributed by atoms with Gasteiger partial charge < -0.3 is 25.3 Å². The molecule has 1 aliphatic rings. The molecule has 0 bridgehead atoms. The average Bonchev–Trinajstić information content (AvgIpc) is 3.72. The number of ether oxygens (including phenoxy) is 1. The Morgan fingerprint density at radius 2 is 1.95 bits per heavy atom. The van der Waals surface area contributed by atoms with Gasteiger partial charge in [-0.15, -0.1) is 0 Å². The van der Waals surface area contributed by atoms with E-state index in [4.69, 9.17) is 10.5 Å². The molecule has 0 unspecified atom stereocenters. The summed E-state index contributed by atoms with van der Waals surface area (Å²) in [4.78, 5) is 46.0. The van der Waals surface area contributed by atoms with Crippen molar-refractivity contribution in [3.63, 3.8) is 0 Å². The maximum atomic E-state index is 13.4. The van der Waals surface area contributed by atoms with Gasteiger partial charge in [0.15, 0.2) is 11.6 Å². The largest absolute Gasteiger partial charge is 0.494 e. The monoisotopic (exact) mass is 529 g/mol. The van der Waals surface area contributed by atoms with Crippen LogP contribution < -0.4 is 15.4 Å². The Kier molecular flexibility index (Phi) is 5.82. The van der Waals surface area contributed by atoms with Crippen LogP contribution in [0, 0.1) is 6.92 Å². The summed E-state index contributed by atoms with van der Waals surface area (Å²) in [7, 11) is 1.48. The van der Waals surface area contributed by atoms with Crippen LogP contribution in [0.4, 0.5) is 11.8 Å². The van der Waals surface area contributed by atoms with Gasteiger partial charge in [-0.3, -0.25) is 9.59 Å². The molecule has 0 aliphatic carbocycles. The van der Waals surface area contributed by atoms with Gasteiger partial charge in [0, 0.05) is 32.4 Å². The van der Waals surface area contributed by atoms with Crippen LogP contribution in [-0.2, 0) is 4.79 Å². The summed E-state index contributed by atoms with van der Waals surface area (Å²) in [6.45, 7) is 3.18. The standard InChI is InChI=1S/C23H23N13O3/c1-13-27-12-35(30-13)21-19-18(15(39-2)11-26-21)14(10-25-19)20(37)22(38)33-6-8-34(9-7-33)23-29-31-32-36(23)17-5-3-4-16(24)28-17/h3-5,10-12,25H,6-9H2,1-2H3,(H2,24,28). The quantitative estimate of drug-likeness (QED) is 0.220. The van der Waals surface area contributed by atoms with Crippen LogP contribution in [0.2, 0.25) is 0 Å². The number of aryl methyl sites for hydroxylation is 1. The fourth-order valence-electron chi connectivity index (χ4n) is 4.51. The molecular weight excluding hydrogens is 506 g/mol. The van der Waals surface area contributed by atoms with Crippen molar-refractivity contribution in [2.24, 2.45) is 0 Å². The molecule has 0 atom stereocenters. The molecule has 16 nitrogen and oxygen atoms in total. The van der Waals surface area contributed by atoms with Gasteiger partial charge >= 0.3 is 0 Å². The maximum absolute atomic E-state index is 13.4. The van der Waals surface area contributed by atoms with E-state index in [9.17, 15) is 9.59 Å². The number of methoxy groups -OCH3 is 1. The third kappa shape index (κ3) is 4.16. The average molecular weight is 530 g/mol. The first kappa shape index (κ1) is 24.0. The van der Waals surface area contributed by atoms with E-state index >= 15 is 0 Å². The second-order valence-electron chi connectivity index (χ2n) is 8.76. The molecule has 0 spiro atoms. The predicted molar refractivity (Wildman–Crippen MR) is 137 cm³/mol. The van der Waals surface area contributed by atoms with Crippen molar-refractivity contribution in [2.75, 3.05) is 43.9 Å². The second-order valence-corrected chi connectivity index (χ2v) is 8.76. The number of aromatic nitrogens is 10. The number of nitrogens with one attached hydrogen (secondary N) is 1. The number of nitrogens with two attached hydrogens (primary N) is 1. The normalized spacial score (nSPS) is 13.7. The minimum absolute atomic E-state index is 0.187. The lowest BCUT2D eigenvalue weighted by molar-refractivity contribution is -0.126. The smallest absolute Gasteiger partial charge is 0.295 e. The number of nitrogens with zero attached hydrogens (tertiary/aromatic N) is 11. The van der Waals surface area contributed by atoms with E-state index in [2.05, 4.69) is 40.6 Å². The highest BCUT2D eigenvalue weighted by Gasteiger charge is 2.31. The Labute approximate surface area is 220 Å². The fourth-order valence-corrected chi connectivity index (χ4v) is 4.51. The fraction of sp³-hybridized carbons (Fsp3) is 0.261. The number of piperazine rings is 1. The first-order valence-corrected chi connectivity index (χ1v) is 12.0. The number of fused-ring (bicyclic) bond motifs is 1. The molecule has 5 aromatic rings. The minimum Gasteiger partial charge on any atom is -0.494 e.